The van der Waals surface area contributed by atoms with Crippen LogP contribution in [0.2, 0.25) is 10.0 Å². The number of carbonyl (C=O) groups is 2. The second-order valence-electron chi connectivity index (χ2n) is 5.24. The van der Waals surface area contributed by atoms with Crippen LogP contribution in [0, 0.1) is 0 Å². The second-order valence-corrected chi connectivity index (χ2v) is 6.06. The van der Waals surface area contributed by atoms with E-state index in [1.165, 1.54) is 25.1 Å². The third-order valence-electron chi connectivity index (χ3n) is 3.43. The first-order chi connectivity index (χ1) is 11.9. The van der Waals surface area contributed by atoms with Crippen LogP contribution in [0.5, 0.6) is 5.75 Å². The predicted molar refractivity (Wildman–Crippen MR) is 96.2 cm³/mol. The summed E-state index contributed by atoms with van der Waals surface area (Å²) in [6, 6.07) is 11.7. The number of halogens is 2. The average Bonchev–Trinajstić information content (AvgIpc) is 2.62. The van der Waals surface area contributed by atoms with Crippen molar-refractivity contribution in [2.45, 2.75) is 19.6 Å². The molecule has 0 saturated heterocycles. The standard InChI is InChI=1S/C18H17Cl2NO4/c1-11(25-18(23)13-5-8-15(19)16(20)9-13)17(22)21-10-12-3-6-14(24-2)7-4-12/h3-9,11H,10H2,1-2H3,(H,21,22)/t11-/m0/s1. The lowest BCUT2D eigenvalue weighted by Crippen LogP contribution is -2.35. The summed E-state index contributed by atoms with van der Waals surface area (Å²) in [5, 5.41) is 3.29. The zero-order chi connectivity index (χ0) is 18.4. The van der Waals surface area contributed by atoms with Crippen LogP contribution in [-0.4, -0.2) is 25.1 Å². The Kier molecular flexibility index (Phi) is 6.67. The van der Waals surface area contributed by atoms with Gasteiger partial charge >= 0.3 is 5.97 Å². The maximum Gasteiger partial charge on any atom is 0.338 e. The SMILES string of the molecule is COc1ccc(CNC(=O)[C@H](C)OC(=O)c2ccc(Cl)c(Cl)c2)cc1. The van der Waals surface area contributed by atoms with Crippen LogP contribution >= 0.6 is 23.2 Å². The molecule has 1 amide bonds. The van der Waals surface area contributed by atoms with Gasteiger partial charge in [-0.25, -0.2) is 4.79 Å². The van der Waals surface area contributed by atoms with Crippen molar-refractivity contribution in [1.82, 2.24) is 5.32 Å². The van der Waals surface area contributed by atoms with Crippen molar-refractivity contribution in [2.75, 3.05) is 7.11 Å². The number of carbonyl (C=O) groups excluding carboxylic acids is 2. The van der Waals surface area contributed by atoms with E-state index in [0.717, 1.165) is 11.3 Å². The van der Waals surface area contributed by atoms with E-state index in [4.69, 9.17) is 32.7 Å². The summed E-state index contributed by atoms with van der Waals surface area (Å²) >= 11 is 11.7. The Balaban J connectivity index is 1.88. The van der Waals surface area contributed by atoms with Gasteiger partial charge in [0.2, 0.25) is 0 Å². The van der Waals surface area contributed by atoms with E-state index in [0.29, 0.717) is 11.6 Å². The molecule has 1 N–H and O–H groups in total. The molecule has 0 aliphatic heterocycles. The molecular formula is C18H17Cl2NO4. The minimum absolute atomic E-state index is 0.226. The summed E-state index contributed by atoms with van der Waals surface area (Å²) in [7, 11) is 1.58. The van der Waals surface area contributed by atoms with Crippen molar-refractivity contribution >= 4 is 35.1 Å². The molecule has 25 heavy (non-hydrogen) atoms. The molecule has 0 fully saturated rings. The maximum atomic E-state index is 12.1. The summed E-state index contributed by atoms with van der Waals surface area (Å²) < 4.78 is 10.2. The third kappa shape index (κ3) is 5.37. The molecule has 0 saturated carbocycles. The molecule has 1 atom stereocenters. The van der Waals surface area contributed by atoms with E-state index in [9.17, 15) is 9.59 Å². The maximum absolute atomic E-state index is 12.1. The van der Waals surface area contributed by atoms with Crippen LogP contribution in [0.25, 0.3) is 0 Å². The zero-order valence-corrected chi connectivity index (χ0v) is 15.2. The van der Waals surface area contributed by atoms with Gasteiger partial charge in [0.25, 0.3) is 5.91 Å². The van der Waals surface area contributed by atoms with E-state index in [2.05, 4.69) is 5.32 Å². The van der Waals surface area contributed by atoms with Crippen molar-refractivity contribution in [3.05, 3.63) is 63.6 Å². The quantitative estimate of drug-likeness (QED) is 0.771. The van der Waals surface area contributed by atoms with Crippen molar-refractivity contribution in [2.24, 2.45) is 0 Å². The van der Waals surface area contributed by atoms with Gasteiger partial charge in [-0.3, -0.25) is 4.79 Å². The topological polar surface area (TPSA) is 64.6 Å². The van der Waals surface area contributed by atoms with Gasteiger partial charge < -0.3 is 14.8 Å². The Morgan fingerprint density at radius 1 is 1.08 bits per heavy atom. The monoisotopic (exact) mass is 381 g/mol. The van der Waals surface area contributed by atoms with Crippen molar-refractivity contribution in [1.29, 1.82) is 0 Å². The molecule has 0 unspecified atom stereocenters. The first-order valence-corrected chi connectivity index (χ1v) is 8.23. The Hall–Kier alpha value is -2.24. The number of rotatable bonds is 6. The lowest BCUT2D eigenvalue weighted by atomic mass is 10.2. The molecule has 0 spiro atoms. The van der Waals surface area contributed by atoms with E-state index in [1.807, 2.05) is 12.1 Å². The molecule has 2 aromatic rings. The number of hydrogen-bond donors (Lipinski definition) is 1. The second kappa shape index (κ2) is 8.74. The van der Waals surface area contributed by atoms with Gasteiger partial charge in [0.05, 0.1) is 22.7 Å². The number of esters is 1. The van der Waals surface area contributed by atoms with Gasteiger partial charge in [-0.2, -0.15) is 0 Å². The van der Waals surface area contributed by atoms with Crippen LogP contribution < -0.4 is 10.1 Å². The third-order valence-corrected chi connectivity index (χ3v) is 4.17. The highest BCUT2D eigenvalue weighted by Gasteiger charge is 2.19. The number of amides is 1. The molecule has 0 heterocycles. The number of hydrogen-bond acceptors (Lipinski definition) is 4. The highest BCUT2D eigenvalue weighted by molar-refractivity contribution is 6.42. The van der Waals surface area contributed by atoms with Crippen LogP contribution in [-0.2, 0) is 16.1 Å². The Bertz CT molecular complexity index is 762. The molecule has 132 valence electrons. The van der Waals surface area contributed by atoms with Gasteiger partial charge in [-0.1, -0.05) is 35.3 Å². The van der Waals surface area contributed by atoms with Crippen LogP contribution in [0.15, 0.2) is 42.5 Å². The average molecular weight is 382 g/mol. The highest BCUT2D eigenvalue weighted by atomic mass is 35.5. The zero-order valence-electron chi connectivity index (χ0n) is 13.7. The predicted octanol–water partition coefficient (Wildman–Crippen LogP) is 3.86. The van der Waals surface area contributed by atoms with Gasteiger partial charge in [0.1, 0.15) is 5.75 Å². The number of methoxy groups -OCH3 is 1. The summed E-state index contributed by atoms with van der Waals surface area (Å²) in [6.45, 7) is 1.82. The smallest absolute Gasteiger partial charge is 0.338 e. The van der Waals surface area contributed by atoms with Crippen molar-refractivity contribution < 1.29 is 19.1 Å². The lowest BCUT2D eigenvalue weighted by Gasteiger charge is -2.14. The molecule has 0 aliphatic carbocycles. The van der Waals surface area contributed by atoms with Gasteiger partial charge in [-0.15, -0.1) is 0 Å². The van der Waals surface area contributed by atoms with E-state index < -0.39 is 18.0 Å². The molecule has 2 aromatic carbocycles. The normalized spacial score (nSPS) is 11.5. The van der Waals surface area contributed by atoms with Gasteiger partial charge in [-0.05, 0) is 42.8 Å². The Morgan fingerprint density at radius 3 is 2.36 bits per heavy atom. The Labute approximate surface area is 155 Å². The fourth-order valence-corrected chi connectivity index (χ4v) is 2.28. The number of ether oxygens (including phenoxy) is 2. The number of benzene rings is 2. The summed E-state index contributed by atoms with van der Waals surface area (Å²) in [5.74, 6) is -0.311. The van der Waals surface area contributed by atoms with Crippen molar-refractivity contribution in [3.63, 3.8) is 0 Å². The molecule has 0 radical (unpaired) electrons. The highest BCUT2D eigenvalue weighted by Crippen LogP contribution is 2.23. The summed E-state index contributed by atoms with van der Waals surface area (Å²) in [5.41, 5.74) is 1.13. The lowest BCUT2D eigenvalue weighted by molar-refractivity contribution is -0.129. The minimum atomic E-state index is -0.944. The van der Waals surface area contributed by atoms with E-state index in [-0.39, 0.29) is 10.6 Å². The summed E-state index contributed by atoms with van der Waals surface area (Å²) in [4.78, 5) is 24.1. The molecule has 0 aliphatic rings. The van der Waals surface area contributed by atoms with Crippen molar-refractivity contribution in [3.8, 4) is 5.75 Å². The van der Waals surface area contributed by atoms with Crippen LogP contribution in [0.4, 0.5) is 0 Å². The van der Waals surface area contributed by atoms with Crippen LogP contribution in [0.1, 0.15) is 22.8 Å². The molecule has 7 heteroatoms. The fourth-order valence-electron chi connectivity index (χ4n) is 1.98. The van der Waals surface area contributed by atoms with E-state index in [1.54, 1.807) is 19.2 Å². The number of nitrogens with one attached hydrogen (secondary N) is 1. The first kappa shape index (κ1) is 19.1. The minimum Gasteiger partial charge on any atom is -0.497 e. The largest absolute Gasteiger partial charge is 0.497 e. The summed E-state index contributed by atoms with van der Waals surface area (Å²) in [6.07, 6.45) is -0.944. The molecule has 5 nitrogen and oxygen atoms in total. The molecule has 0 bridgehead atoms. The molecule has 0 aromatic heterocycles. The molecular weight excluding hydrogens is 365 g/mol. The van der Waals surface area contributed by atoms with Gasteiger partial charge in [0.15, 0.2) is 6.10 Å². The fraction of sp³-hybridized carbons (Fsp3) is 0.222. The van der Waals surface area contributed by atoms with Crippen LogP contribution in [0.3, 0.4) is 0 Å². The van der Waals surface area contributed by atoms with Gasteiger partial charge in [0, 0.05) is 6.54 Å². The molecule has 2 rings (SSSR count). The van der Waals surface area contributed by atoms with E-state index >= 15 is 0 Å². The Morgan fingerprint density at radius 2 is 1.76 bits per heavy atom. The first-order valence-electron chi connectivity index (χ1n) is 7.47.